The predicted octanol–water partition coefficient (Wildman–Crippen LogP) is 3.79. The Balaban J connectivity index is 1.26. The molecule has 2 aliphatic rings. The Morgan fingerprint density at radius 3 is 2.67 bits per heavy atom. The molecule has 1 saturated carbocycles. The highest BCUT2D eigenvalue weighted by molar-refractivity contribution is 7.52. The summed E-state index contributed by atoms with van der Waals surface area (Å²) in [4.78, 5) is 25.6. The van der Waals surface area contributed by atoms with E-state index in [1.807, 2.05) is 10.6 Å². The smallest absolute Gasteiger partial charge is 0.459 e. The number of fused-ring (bicyclic) bond motifs is 1. The summed E-state index contributed by atoms with van der Waals surface area (Å²) in [5, 5.41) is 6.05. The maximum absolute atomic E-state index is 13.7. The number of para-hydroxylation sites is 1. The number of ether oxygens (including phenoxy) is 2. The number of imidazole rings is 1. The highest BCUT2D eigenvalue weighted by Crippen LogP contribution is 2.46. The second-order valence-corrected chi connectivity index (χ2v) is 11.7. The Kier molecular flexibility index (Phi) is 8.03. The molecule has 2 aromatic heterocycles. The molecule has 39 heavy (non-hydrogen) atoms. The van der Waals surface area contributed by atoms with Crippen LogP contribution in [0.1, 0.15) is 52.7 Å². The summed E-state index contributed by atoms with van der Waals surface area (Å²) in [7, 11) is -3.98. The third-order valence-electron chi connectivity index (χ3n) is 6.21. The molecule has 14 heteroatoms. The van der Waals surface area contributed by atoms with Gasteiger partial charge in [-0.15, -0.1) is 0 Å². The van der Waals surface area contributed by atoms with Crippen LogP contribution in [0.15, 0.2) is 36.7 Å². The fourth-order valence-electron chi connectivity index (χ4n) is 4.20. The fraction of sp³-hybridized carbons (Fsp3) is 0.520. The second-order valence-electron chi connectivity index (χ2n) is 10.00. The number of nitrogens with one attached hydrogen (secondary N) is 2. The Morgan fingerprint density at radius 2 is 1.95 bits per heavy atom. The van der Waals surface area contributed by atoms with Crippen LogP contribution < -0.4 is 20.7 Å². The summed E-state index contributed by atoms with van der Waals surface area (Å²) in [6, 6.07) is 8.07. The van der Waals surface area contributed by atoms with Crippen LogP contribution in [0.4, 0.5) is 11.8 Å². The third-order valence-corrected chi connectivity index (χ3v) is 7.85. The average Bonchev–Trinajstić information content (AvgIpc) is 3.40. The fourth-order valence-corrected chi connectivity index (χ4v) is 5.72. The van der Waals surface area contributed by atoms with E-state index in [0.717, 1.165) is 12.8 Å². The van der Waals surface area contributed by atoms with Gasteiger partial charge in [0.1, 0.15) is 18.0 Å². The first kappa shape index (κ1) is 27.3. The summed E-state index contributed by atoms with van der Waals surface area (Å²) < 4.78 is 38.5. The summed E-state index contributed by atoms with van der Waals surface area (Å²) in [5.74, 6) is 0.541. The van der Waals surface area contributed by atoms with Crippen molar-refractivity contribution >= 4 is 36.6 Å². The molecule has 1 aromatic carbocycles. The van der Waals surface area contributed by atoms with Crippen molar-refractivity contribution in [2.75, 3.05) is 17.7 Å². The first-order valence-corrected chi connectivity index (χ1v) is 14.6. The van der Waals surface area contributed by atoms with E-state index in [1.54, 1.807) is 51.4 Å². The average molecular weight is 560 g/mol. The monoisotopic (exact) mass is 559 g/mol. The van der Waals surface area contributed by atoms with E-state index in [1.165, 1.54) is 0 Å². The number of nitrogens with two attached hydrogens (primary N) is 1. The van der Waals surface area contributed by atoms with Crippen LogP contribution in [-0.2, 0) is 23.4 Å². The number of hydrogen-bond acceptors (Lipinski definition) is 11. The maximum atomic E-state index is 13.7. The molecule has 13 nitrogen and oxygen atoms in total. The van der Waals surface area contributed by atoms with Crippen LogP contribution in [0, 0.1) is 0 Å². The third kappa shape index (κ3) is 6.85. The maximum Gasteiger partial charge on any atom is 0.459 e. The highest BCUT2D eigenvalue weighted by Gasteiger charge is 2.36. The van der Waals surface area contributed by atoms with Crippen molar-refractivity contribution < 1.29 is 27.9 Å². The standard InChI is InChI=1S/C25H34N7O6P/c1-15(2)36-24(33)16(3)31-39(34,38-18-7-5-4-6-8-18)35-13-19-11-12-20(37-19)32-14-27-21-22(28-17-9-10-17)29-25(26)30-23(21)32/h4-8,14-17,19-20H,9-13H2,1-3H3,(H,31,34)(H3,26,28,29,30)/t16-,19-,20+,39+/m0/s1. The Labute approximate surface area is 226 Å². The molecule has 0 bridgehead atoms. The summed E-state index contributed by atoms with van der Waals surface area (Å²) >= 11 is 0. The normalized spacial score (nSPS) is 21.5. The number of hydrogen-bond donors (Lipinski definition) is 3. The van der Waals surface area contributed by atoms with Gasteiger partial charge >= 0.3 is 13.7 Å². The van der Waals surface area contributed by atoms with Crippen LogP contribution >= 0.6 is 7.75 Å². The van der Waals surface area contributed by atoms with E-state index >= 15 is 0 Å². The van der Waals surface area contributed by atoms with Gasteiger partial charge in [-0.1, -0.05) is 18.2 Å². The summed E-state index contributed by atoms with van der Waals surface area (Å²) in [6.07, 6.45) is 4.06. The zero-order valence-corrected chi connectivity index (χ0v) is 23.0. The molecular weight excluding hydrogens is 525 g/mol. The molecule has 1 aliphatic carbocycles. The molecular formula is C25H34N7O6P. The van der Waals surface area contributed by atoms with Crippen molar-refractivity contribution in [3.63, 3.8) is 0 Å². The molecule has 3 aromatic rings. The molecule has 0 unspecified atom stereocenters. The van der Waals surface area contributed by atoms with Crippen molar-refractivity contribution in [2.45, 2.75) is 77.0 Å². The Morgan fingerprint density at radius 1 is 1.18 bits per heavy atom. The lowest BCUT2D eigenvalue weighted by Crippen LogP contribution is -2.36. The molecule has 0 radical (unpaired) electrons. The van der Waals surface area contributed by atoms with Gasteiger partial charge < -0.3 is 25.0 Å². The molecule has 2 fully saturated rings. The largest absolute Gasteiger partial charge is 0.462 e. The van der Waals surface area contributed by atoms with E-state index in [9.17, 15) is 9.36 Å². The first-order valence-electron chi connectivity index (χ1n) is 13.1. The molecule has 0 spiro atoms. The highest BCUT2D eigenvalue weighted by atomic mass is 31.2. The number of anilines is 2. The van der Waals surface area contributed by atoms with Gasteiger partial charge in [0, 0.05) is 6.04 Å². The van der Waals surface area contributed by atoms with Crippen LogP contribution in [0.5, 0.6) is 5.75 Å². The van der Waals surface area contributed by atoms with Crippen LogP contribution in [0.3, 0.4) is 0 Å². The minimum atomic E-state index is -3.98. The minimum absolute atomic E-state index is 0.0300. The van der Waals surface area contributed by atoms with Gasteiger partial charge in [0.2, 0.25) is 5.95 Å². The van der Waals surface area contributed by atoms with Gasteiger partial charge in [0.25, 0.3) is 0 Å². The van der Waals surface area contributed by atoms with E-state index in [4.69, 9.17) is 24.3 Å². The van der Waals surface area contributed by atoms with Crippen molar-refractivity contribution in [1.82, 2.24) is 24.6 Å². The minimum Gasteiger partial charge on any atom is -0.462 e. The SMILES string of the molecule is CC(C)OC(=O)[C@H](C)N[P@@](=O)(OC[C@@H]1CC[C@H](n2cnc3c(NC4CC4)nc(N)nc32)O1)Oc1ccccc1. The summed E-state index contributed by atoms with van der Waals surface area (Å²) in [6.45, 7) is 4.99. The number of nitrogens with zero attached hydrogens (tertiary/aromatic N) is 4. The molecule has 4 atom stereocenters. The van der Waals surface area contributed by atoms with E-state index in [0.29, 0.717) is 41.6 Å². The lowest BCUT2D eigenvalue weighted by molar-refractivity contribution is -0.149. The first-order chi connectivity index (χ1) is 18.7. The van der Waals surface area contributed by atoms with E-state index < -0.39 is 19.8 Å². The number of rotatable bonds is 12. The molecule has 4 N–H and O–H groups in total. The number of nitrogen functional groups attached to an aromatic ring is 1. The zero-order chi connectivity index (χ0) is 27.6. The quantitative estimate of drug-likeness (QED) is 0.217. The number of esters is 1. The number of benzene rings is 1. The molecule has 5 rings (SSSR count). The van der Waals surface area contributed by atoms with Crippen LogP contribution in [-0.4, -0.2) is 56.4 Å². The van der Waals surface area contributed by atoms with Gasteiger partial charge in [0.05, 0.1) is 25.1 Å². The van der Waals surface area contributed by atoms with Crippen molar-refractivity contribution in [3.8, 4) is 5.75 Å². The molecule has 1 aliphatic heterocycles. The Bertz CT molecular complexity index is 1350. The zero-order valence-electron chi connectivity index (χ0n) is 22.1. The second kappa shape index (κ2) is 11.5. The molecule has 0 amide bonds. The van der Waals surface area contributed by atoms with Crippen molar-refractivity contribution in [1.29, 1.82) is 0 Å². The van der Waals surface area contributed by atoms with Gasteiger partial charge in [-0.3, -0.25) is 13.9 Å². The number of aromatic nitrogens is 4. The predicted molar refractivity (Wildman–Crippen MR) is 144 cm³/mol. The van der Waals surface area contributed by atoms with Gasteiger partial charge in [-0.05, 0) is 58.6 Å². The topological polar surface area (TPSA) is 165 Å². The lowest BCUT2D eigenvalue weighted by atomic mass is 10.2. The van der Waals surface area contributed by atoms with Crippen molar-refractivity contribution in [3.05, 3.63) is 36.7 Å². The molecule has 1 saturated heterocycles. The van der Waals surface area contributed by atoms with Crippen LogP contribution in [0.2, 0.25) is 0 Å². The van der Waals surface area contributed by atoms with Gasteiger partial charge in [0.15, 0.2) is 17.0 Å². The van der Waals surface area contributed by atoms with Gasteiger partial charge in [-0.25, -0.2) is 9.55 Å². The van der Waals surface area contributed by atoms with Gasteiger partial charge in [-0.2, -0.15) is 15.1 Å². The van der Waals surface area contributed by atoms with Crippen molar-refractivity contribution in [2.24, 2.45) is 0 Å². The van der Waals surface area contributed by atoms with E-state index in [2.05, 4.69) is 25.4 Å². The molecule has 210 valence electrons. The number of carbonyl (C=O) groups is 1. The van der Waals surface area contributed by atoms with Crippen LogP contribution in [0.25, 0.3) is 11.2 Å². The molecule has 3 heterocycles. The Hall–Kier alpha value is -3.25. The lowest BCUT2D eigenvalue weighted by Gasteiger charge is -2.24. The number of carbonyl (C=O) groups excluding carboxylic acids is 1. The summed E-state index contributed by atoms with van der Waals surface area (Å²) in [5.41, 5.74) is 7.18. The van der Waals surface area contributed by atoms with E-state index in [-0.39, 0.29) is 31.0 Å².